The molecule has 0 heterocycles. The highest BCUT2D eigenvalue weighted by molar-refractivity contribution is 5.84. The number of ether oxygens (including phenoxy) is 1. The van der Waals surface area contributed by atoms with E-state index in [1.54, 1.807) is 12.6 Å². The van der Waals surface area contributed by atoms with Crippen molar-refractivity contribution in [2.45, 2.75) is 32.2 Å². The van der Waals surface area contributed by atoms with Gasteiger partial charge in [0, 0.05) is 0 Å². The van der Waals surface area contributed by atoms with E-state index in [2.05, 4.69) is 12.2 Å². The summed E-state index contributed by atoms with van der Waals surface area (Å²) >= 11 is 0. The van der Waals surface area contributed by atoms with Crippen LogP contribution in [0.3, 0.4) is 0 Å². The lowest BCUT2D eigenvalue weighted by molar-refractivity contribution is -0.130. The molecule has 0 aliphatic carbocycles. The number of carbonyl (C=O) groups is 1. The van der Waals surface area contributed by atoms with Gasteiger partial charge in [-0.15, -0.1) is 0 Å². The van der Waals surface area contributed by atoms with Crippen LogP contribution in [0.5, 0.6) is 5.75 Å². The van der Waals surface area contributed by atoms with Crippen molar-refractivity contribution in [3.05, 3.63) is 24.3 Å². The summed E-state index contributed by atoms with van der Waals surface area (Å²) in [6.45, 7) is 2.05. The SMILES string of the molecule is CCCCC(Nc1ccccc1OC)C(=O)NO. The van der Waals surface area contributed by atoms with E-state index >= 15 is 0 Å². The number of benzene rings is 1. The molecule has 0 saturated carbocycles. The van der Waals surface area contributed by atoms with Crippen molar-refractivity contribution in [1.29, 1.82) is 0 Å². The van der Waals surface area contributed by atoms with Crippen LogP contribution in [0.4, 0.5) is 5.69 Å². The molecule has 1 unspecified atom stereocenters. The Morgan fingerprint density at radius 3 is 2.78 bits per heavy atom. The van der Waals surface area contributed by atoms with Crippen LogP contribution in [-0.2, 0) is 4.79 Å². The number of unbranched alkanes of at least 4 members (excludes halogenated alkanes) is 1. The molecular weight excluding hydrogens is 232 g/mol. The lowest BCUT2D eigenvalue weighted by atomic mass is 10.1. The monoisotopic (exact) mass is 252 g/mol. The standard InChI is InChI=1S/C13H20N2O3/c1-3-4-7-11(13(16)15-17)14-10-8-5-6-9-12(10)18-2/h5-6,8-9,11,14,17H,3-4,7H2,1-2H3,(H,15,16). The van der Waals surface area contributed by atoms with E-state index in [1.165, 1.54) is 0 Å². The van der Waals surface area contributed by atoms with E-state index in [-0.39, 0.29) is 0 Å². The maximum Gasteiger partial charge on any atom is 0.265 e. The highest BCUT2D eigenvalue weighted by atomic mass is 16.5. The highest BCUT2D eigenvalue weighted by Crippen LogP contribution is 2.24. The molecule has 1 amide bonds. The third-order valence-electron chi connectivity index (χ3n) is 2.71. The van der Waals surface area contributed by atoms with Crippen molar-refractivity contribution in [2.75, 3.05) is 12.4 Å². The Morgan fingerprint density at radius 1 is 1.44 bits per heavy atom. The van der Waals surface area contributed by atoms with E-state index in [0.29, 0.717) is 12.2 Å². The van der Waals surface area contributed by atoms with Crippen LogP contribution in [0.1, 0.15) is 26.2 Å². The van der Waals surface area contributed by atoms with Gasteiger partial charge in [0.15, 0.2) is 0 Å². The van der Waals surface area contributed by atoms with Crippen LogP contribution in [0, 0.1) is 0 Å². The van der Waals surface area contributed by atoms with Gasteiger partial charge in [-0.05, 0) is 18.6 Å². The minimum atomic E-state index is -0.466. The summed E-state index contributed by atoms with van der Waals surface area (Å²) in [5, 5.41) is 11.8. The summed E-state index contributed by atoms with van der Waals surface area (Å²) < 4.78 is 5.21. The number of hydrogen-bond donors (Lipinski definition) is 3. The first kappa shape index (κ1) is 14.3. The molecule has 0 saturated heterocycles. The van der Waals surface area contributed by atoms with Crippen molar-refractivity contribution < 1.29 is 14.7 Å². The van der Waals surface area contributed by atoms with Gasteiger partial charge in [0.1, 0.15) is 11.8 Å². The summed E-state index contributed by atoms with van der Waals surface area (Å²) in [6, 6.07) is 6.90. The lowest BCUT2D eigenvalue weighted by Crippen LogP contribution is -2.38. The predicted molar refractivity (Wildman–Crippen MR) is 69.9 cm³/mol. The van der Waals surface area contributed by atoms with Crippen LogP contribution in [-0.4, -0.2) is 24.3 Å². The van der Waals surface area contributed by atoms with Gasteiger partial charge < -0.3 is 10.1 Å². The largest absolute Gasteiger partial charge is 0.495 e. The Bertz CT molecular complexity index is 382. The quantitative estimate of drug-likeness (QED) is 0.514. The molecule has 5 heteroatoms. The van der Waals surface area contributed by atoms with Gasteiger partial charge in [-0.25, -0.2) is 5.48 Å². The summed E-state index contributed by atoms with van der Waals surface area (Å²) in [7, 11) is 1.58. The van der Waals surface area contributed by atoms with Crippen LogP contribution in [0.15, 0.2) is 24.3 Å². The summed E-state index contributed by atoms with van der Waals surface area (Å²) in [5.41, 5.74) is 2.43. The minimum Gasteiger partial charge on any atom is -0.495 e. The van der Waals surface area contributed by atoms with Gasteiger partial charge in [0.05, 0.1) is 12.8 Å². The van der Waals surface area contributed by atoms with Gasteiger partial charge in [0.2, 0.25) is 0 Å². The molecule has 3 N–H and O–H groups in total. The third kappa shape index (κ3) is 3.92. The summed E-state index contributed by atoms with van der Waals surface area (Å²) in [6.07, 6.45) is 2.55. The molecule has 0 spiro atoms. The number of hydroxylamine groups is 1. The first-order valence-corrected chi connectivity index (χ1v) is 6.06. The number of rotatable bonds is 7. The van der Waals surface area contributed by atoms with E-state index in [9.17, 15) is 4.79 Å². The van der Waals surface area contributed by atoms with Gasteiger partial charge >= 0.3 is 0 Å². The summed E-state index contributed by atoms with van der Waals surface area (Å²) in [4.78, 5) is 11.6. The predicted octanol–water partition coefficient (Wildman–Crippen LogP) is 2.17. The Morgan fingerprint density at radius 2 is 2.17 bits per heavy atom. The molecule has 0 aromatic heterocycles. The fourth-order valence-electron chi connectivity index (χ4n) is 1.71. The van der Waals surface area contributed by atoms with E-state index < -0.39 is 11.9 Å². The first-order valence-electron chi connectivity index (χ1n) is 6.06. The molecule has 0 radical (unpaired) electrons. The normalized spacial score (nSPS) is 11.7. The number of anilines is 1. The first-order chi connectivity index (χ1) is 8.72. The van der Waals surface area contributed by atoms with Crippen molar-refractivity contribution in [3.8, 4) is 5.75 Å². The average Bonchev–Trinajstić information content (AvgIpc) is 2.42. The van der Waals surface area contributed by atoms with Gasteiger partial charge in [-0.2, -0.15) is 0 Å². The molecular formula is C13H20N2O3. The Labute approximate surface area is 107 Å². The zero-order valence-corrected chi connectivity index (χ0v) is 10.8. The molecule has 0 aliphatic heterocycles. The fourth-order valence-corrected chi connectivity index (χ4v) is 1.71. The molecule has 0 aliphatic rings. The van der Waals surface area contributed by atoms with Crippen LogP contribution >= 0.6 is 0 Å². The topological polar surface area (TPSA) is 70.6 Å². The number of amides is 1. The van der Waals surface area contributed by atoms with Crippen molar-refractivity contribution >= 4 is 11.6 Å². The van der Waals surface area contributed by atoms with E-state index in [4.69, 9.17) is 9.94 Å². The number of methoxy groups -OCH3 is 1. The molecule has 0 fully saturated rings. The number of nitrogens with one attached hydrogen (secondary N) is 2. The Kier molecular flexibility index (Phi) is 6.00. The van der Waals surface area contributed by atoms with Crippen molar-refractivity contribution in [2.24, 2.45) is 0 Å². The molecule has 1 aromatic rings. The maximum atomic E-state index is 11.6. The van der Waals surface area contributed by atoms with Crippen LogP contribution in [0.2, 0.25) is 0 Å². The van der Waals surface area contributed by atoms with Crippen LogP contribution in [0.25, 0.3) is 0 Å². The fraction of sp³-hybridized carbons (Fsp3) is 0.462. The number of para-hydroxylation sites is 2. The maximum absolute atomic E-state index is 11.6. The smallest absolute Gasteiger partial charge is 0.265 e. The molecule has 1 atom stereocenters. The van der Waals surface area contributed by atoms with Crippen molar-refractivity contribution in [3.63, 3.8) is 0 Å². The molecule has 0 bridgehead atoms. The Hall–Kier alpha value is -1.75. The van der Waals surface area contributed by atoms with Crippen LogP contribution < -0.4 is 15.5 Å². The van der Waals surface area contributed by atoms with Crippen molar-refractivity contribution in [1.82, 2.24) is 5.48 Å². The van der Waals surface area contributed by atoms with E-state index in [1.807, 2.05) is 24.3 Å². The zero-order valence-electron chi connectivity index (χ0n) is 10.8. The third-order valence-corrected chi connectivity index (χ3v) is 2.71. The second-order valence-electron chi connectivity index (χ2n) is 4.02. The van der Waals surface area contributed by atoms with Gasteiger partial charge in [-0.3, -0.25) is 10.0 Å². The second kappa shape index (κ2) is 7.55. The minimum absolute atomic E-state index is 0.436. The molecule has 5 nitrogen and oxygen atoms in total. The molecule has 100 valence electrons. The Balaban J connectivity index is 2.78. The zero-order chi connectivity index (χ0) is 13.4. The second-order valence-corrected chi connectivity index (χ2v) is 4.02. The lowest BCUT2D eigenvalue weighted by Gasteiger charge is -2.19. The van der Waals surface area contributed by atoms with Gasteiger partial charge in [0.25, 0.3) is 5.91 Å². The number of carbonyl (C=O) groups excluding carboxylic acids is 1. The molecule has 1 aromatic carbocycles. The highest BCUT2D eigenvalue weighted by Gasteiger charge is 2.18. The van der Waals surface area contributed by atoms with Gasteiger partial charge in [-0.1, -0.05) is 31.9 Å². The average molecular weight is 252 g/mol. The molecule has 1 rings (SSSR count). The van der Waals surface area contributed by atoms with E-state index in [0.717, 1.165) is 18.5 Å². The number of hydrogen-bond acceptors (Lipinski definition) is 4. The molecule has 18 heavy (non-hydrogen) atoms. The summed E-state index contributed by atoms with van der Waals surface area (Å²) in [5.74, 6) is 0.235.